The fourth-order valence-electron chi connectivity index (χ4n) is 4.05. The number of amides is 2. The van der Waals surface area contributed by atoms with Crippen LogP contribution in [-0.4, -0.2) is 42.9 Å². The van der Waals surface area contributed by atoms with Crippen LogP contribution in [0.25, 0.3) is 0 Å². The number of nitrogens with zero attached hydrogens (tertiary/aromatic N) is 4. The largest absolute Gasteiger partial charge is 0.398 e. The van der Waals surface area contributed by atoms with Crippen LogP contribution >= 0.6 is 34.8 Å². The molecule has 274 valence electrons. The molecule has 4 N–H and O–H groups in total. The van der Waals surface area contributed by atoms with E-state index in [1.807, 2.05) is 20.8 Å². The summed E-state index contributed by atoms with van der Waals surface area (Å²) < 4.78 is 3.11. The number of aryl methyl sites for hydroxylation is 2. The Hall–Kier alpha value is -4.97. The first kappa shape index (κ1) is 41.5. The molecule has 3 aromatic carbocycles. The van der Waals surface area contributed by atoms with Crippen LogP contribution in [0.1, 0.15) is 73.6 Å². The van der Waals surface area contributed by atoms with Crippen molar-refractivity contribution in [3.63, 3.8) is 0 Å². The molecule has 14 heteroatoms. The van der Waals surface area contributed by atoms with Gasteiger partial charge in [-0.15, -0.1) is 0 Å². The fraction of sp³-hybridized carbons (Fsp3) is 0.263. The first-order valence-corrected chi connectivity index (χ1v) is 17.1. The van der Waals surface area contributed by atoms with Gasteiger partial charge in [0, 0.05) is 74.9 Å². The van der Waals surface area contributed by atoms with Crippen molar-refractivity contribution in [2.45, 2.75) is 41.5 Å². The zero-order valence-electron chi connectivity index (χ0n) is 30.2. The van der Waals surface area contributed by atoms with Crippen molar-refractivity contribution < 1.29 is 19.2 Å². The number of rotatable bonds is 6. The second kappa shape index (κ2) is 17.5. The number of nitrogens with one attached hydrogen (secondary N) is 2. The van der Waals surface area contributed by atoms with E-state index in [-0.39, 0.29) is 28.8 Å². The molecule has 0 saturated carbocycles. The van der Waals surface area contributed by atoms with Gasteiger partial charge in [0.05, 0.1) is 5.69 Å². The number of hydrogen-bond donors (Lipinski definition) is 3. The fourth-order valence-corrected chi connectivity index (χ4v) is 4.52. The average Bonchev–Trinajstić information content (AvgIpc) is 3.71. The van der Waals surface area contributed by atoms with Crippen LogP contribution in [-0.2, 0) is 23.7 Å². The van der Waals surface area contributed by atoms with Crippen LogP contribution in [0, 0.1) is 10.8 Å². The van der Waals surface area contributed by atoms with Crippen molar-refractivity contribution in [2.75, 3.05) is 16.4 Å². The summed E-state index contributed by atoms with van der Waals surface area (Å²) in [4.78, 5) is 48.3. The van der Waals surface area contributed by atoms with Gasteiger partial charge in [0.25, 0.3) is 0 Å². The summed E-state index contributed by atoms with van der Waals surface area (Å²) in [5, 5.41) is 15.3. The Labute approximate surface area is 318 Å². The summed E-state index contributed by atoms with van der Waals surface area (Å²) in [6, 6.07) is 19.9. The van der Waals surface area contributed by atoms with E-state index in [0.717, 1.165) is 5.69 Å². The molecule has 0 aliphatic heterocycles. The van der Waals surface area contributed by atoms with Gasteiger partial charge in [0.15, 0.2) is 0 Å². The number of benzene rings is 3. The van der Waals surface area contributed by atoms with E-state index in [4.69, 9.17) is 40.5 Å². The highest BCUT2D eigenvalue weighted by molar-refractivity contribution is 6.32. The Kier molecular flexibility index (Phi) is 13.9. The third-order valence-corrected chi connectivity index (χ3v) is 7.81. The van der Waals surface area contributed by atoms with Crippen molar-refractivity contribution in [3.05, 3.63) is 123 Å². The summed E-state index contributed by atoms with van der Waals surface area (Å²) in [5.74, 6) is -0.683. The summed E-state index contributed by atoms with van der Waals surface area (Å²) in [6.07, 6.45) is 3.39. The van der Waals surface area contributed by atoms with Crippen LogP contribution in [0.3, 0.4) is 0 Å². The number of anilines is 3. The maximum atomic E-state index is 12.6. The molecule has 2 amide bonds. The molecule has 0 unspecified atom stereocenters. The Bertz CT molecular complexity index is 2060. The van der Waals surface area contributed by atoms with E-state index in [0.29, 0.717) is 49.0 Å². The first-order valence-electron chi connectivity index (χ1n) is 16.0. The maximum absolute atomic E-state index is 12.6. The second-order valence-corrected chi connectivity index (χ2v) is 15.1. The number of nitrogens with two attached hydrogens (primary N) is 1. The van der Waals surface area contributed by atoms with Gasteiger partial charge in [0.1, 0.15) is 11.4 Å². The number of aromatic nitrogens is 4. The highest BCUT2D eigenvalue weighted by Gasteiger charge is 2.24. The Morgan fingerprint density at radius 1 is 0.596 bits per heavy atom. The zero-order chi connectivity index (χ0) is 39.0. The van der Waals surface area contributed by atoms with Crippen molar-refractivity contribution in [2.24, 2.45) is 24.9 Å². The lowest BCUT2D eigenvalue weighted by atomic mass is 9.95. The van der Waals surface area contributed by atoms with Crippen LogP contribution < -0.4 is 16.4 Å². The van der Waals surface area contributed by atoms with Crippen LogP contribution in [0.2, 0.25) is 15.1 Å². The van der Waals surface area contributed by atoms with Gasteiger partial charge in [-0.2, -0.15) is 10.2 Å². The number of nitrogen functional groups attached to an aromatic ring is 1. The van der Waals surface area contributed by atoms with E-state index in [2.05, 4.69) is 20.8 Å². The lowest BCUT2D eigenvalue weighted by molar-refractivity contribution is -0.123. The number of ketones is 2. The summed E-state index contributed by atoms with van der Waals surface area (Å²) in [7, 11) is 3.48. The Morgan fingerprint density at radius 3 is 1.48 bits per heavy atom. The summed E-state index contributed by atoms with van der Waals surface area (Å²) in [6.45, 7) is 11.0. The quantitative estimate of drug-likeness (QED) is 0.116. The van der Waals surface area contributed by atoms with Gasteiger partial charge < -0.3 is 16.4 Å². The maximum Gasteiger partial charge on any atom is 0.229 e. The predicted octanol–water partition coefficient (Wildman–Crippen LogP) is 8.50. The second-order valence-electron chi connectivity index (χ2n) is 13.7. The van der Waals surface area contributed by atoms with E-state index in [1.54, 1.807) is 123 Å². The van der Waals surface area contributed by atoms with E-state index < -0.39 is 5.41 Å². The van der Waals surface area contributed by atoms with E-state index in [9.17, 15) is 19.2 Å². The average molecular weight is 767 g/mol. The summed E-state index contributed by atoms with van der Waals surface area (Å²) >= 11 is 17.5. The van der Waals surface area contributed by atoms with Gasteiger partial charge in [-0.25, -0.2) is 0 Å². The van der Waals surface area contributed by atoms with Gasteiger partial charge in [-0.05, 0) is 72.8 Å². The molecule has 52 heavy (non-hydrogen) atoms. The molecule has 0 aliphatic carbocycles. The molecule has 0 fully saturated rings. The smallest absolute Gasteiger partial charge is 0.229 e. The van der Waals surface area contributed by atoms with Crippen LogP contribution in [0.4, 0.5) is 17.1 Å². The lowest BCUT2D eigenvalue weighted by Crippen LogP contribution is -2.28. The standard InChI is InChI=1S/C16H18ClN3O2.C11H10ClN3O.C11H14ClNO/c1-16(2,3)15(22)18-12-6-5-10(17)9-11(12)14(21)13-7-8-20(4)19-13;1-15-5-4-10(14-15)11(16)8-6-7(12)2-3-9(8)13;1-11(2,3)10(14)13-9-6-4-8(12)5-7-9/h5-9H,1-4H3,(H,18,22);2-6H,13H2,1H3;4-7H,1-3H3,(H,13,14). The SMILES string of the molecule is CC(C)(C)C(=O)Nc1ccc(Cl)cc1.Cn1ccc(C(=O)c2cc(Cl)ccc2N)n1.Cn1ccc(C(=O)c2cc(Cl)ccc2NC(=O)C(C)(C)C)n1. The molecule has 0 aliphatic rings. The molecular weight excluding hydrogens is 725 g/mol. The number of carbonyl (C=O) groups excluding carboxylic acids is 4. The van der Waals surface area contributed by atoms with Crippen molar-refractivity contribution in [3.8, 4) is 0 Å². The Morgan fingerprint density at radius 2 is 1.02 bits per heavy atom. The highest BCUT2D eigenvalue weighted by atomic mass is 35.5. The van der Waals surface area contributed by atoms with Crippen molar-refractivity contribution in [1.82, 2.24) is 19.6 Å². The van der Waals surface area contributed by atoms with Crippen LogP contribution in [0.5, 0.6) is 0 Å². The van der Waals surface area contributed by atoms with Gasteiger partial charge in [-0.3, -0.25) is 28.5 Å². The monoisotopic (exact) mass is 765 g/mol. The van der Waals surface area contributed by atoms with Crippen LogP contribution in [0.15, 0.2) is 85.2 Å². The number of hydrogen-bond acceptors (Lipinski definition) is 7. The Balaban J connectivity index is 0.000000217. The third kappa shape index (κ3) is 12.1. The number of carbonyl (C=O) groups is 4. The molecule has 5 rings (SSSR count). The molecule has 0 radical (unpaired) electrons. The van der Waals surface area contributed by atoms with Gasteiger partial charge >= 0.3 is 0 Å². The number of halogens is 3. The predicted molar refractivity (Wildman–Crippen MR) is 208 cm³/mol. The van der Waals surface area contributed by atoms with Gasteiger partial charge in [0.2, 0.25) is 23.4 Å². The molecule has 0 saturated heterocycles. The third-order valence-electron chi connectivity index (χ3n) is 7.09. The molecule has 2 aromatic heterocycles. The molecule has 0 bridgehead atoms. The minimum atomic E-state index is -0.565. The molecule has 11 nitrogen and oxygen atoms in total. The minimum Gasteiger partial charge on any atom is -0.398 e. The van der Waals surface area contributed by atoms with E-state index in [1.165, 1.54) is 6.07 Å². The summed E-state index contributed by atoms with van der Waals surface area (Å²) in [5.41, 5.74) is 7.75. The highest BCUT2D eigenvalue weighted by Crippen LogP contribution is 2.26. The minimum absolute atomic E-state index is 0.000164. The first-order chi connectivity index (χ1) is 24.1. The van der Waals surface area contributed by atoms with Crippen molar-refractivity contribution >= 4 is 75.2 Å². The molecular formula is C38H42Cl3N7O4. The molecule has 2 heterocycles. The molecule has 0 spiro atoms. The molecule has 5 aromatic rings. The topological polar surface area (TPSA) is 154 Å². The van der Waals surface area contributed by atoms with Crippen molar-refractivity contribution in [1.29, 1.82) is 0 Å². The zero-order valence-corrected chi connectivity index (χ0v) is 32.5. The van der Waals surface area contributed by atoms with Gasteiger partial charge in [-0.1, -0.05) is 76.3 Å². The lowest BCUT2D eigenvalue weighted by Gasteiger charge is -2.19. The normalized spacial score (nSPS) is 11.0. The van der Waals surface area contributed by atoms with E-state index >= 15 is 0 Å². The molecule has 0 atom stereocenters.